The zero-order chi connectivity index (χ0) is 12.8. The Morgan fingerprint density at radius 2 is 2.29 bits per heavy atom. The van der Waals surface area contributed by atoms with Crippen LogP contribution >= 0.6 is 11.3 Å². The van der Waals surface area contributed by atoms with Crippen molar-refractivity contribution in [3.05, 3.63) is 16.1 Å². The van der Waals surface area contributed by atoms with Gasteiger partial charge in [-0.2, -0.15) is 0 Å². The molecule has 0 radical (unpaired) electrons. The van der Waals surface area contributed by atoms with Crippen molar-refractivity contribution in [2.75, 3.05) is 0 Å². The molecule has 0 saturated carbocycles. The van der Waals surface area contributed by atoms with Gasteiger partial charge in [0.05, 0.1) is 10.7 Å². The maximum Gasteiger partial charge on any atom is 0.325 e. The first-order valence-electron chi connectivity index (χ1n) is 5.42. The van der Waals surface area contributed by atoms with Gasteiger partial charge in [-0.3, -0.25) is 9.59 Å². The minimum Gasteiger partial charge on any atom is -0.480 e. The molecule has 0 aliphatic carbocycles. The second-order valence-electron chi connectivity index (χ2n) is 3.84. The lowest BCUT2D eigenvalue weighted by Gasteiger charge is -2.08. The third kappa shape index (κ3) is 4.95. The summed E-state index contributed by atoms with van der Waals surface area (Å²) in [5.41, 5.74) is 0.992. The fraction of sp³-hybridized carbons (Fsp3) is 0.545. The summed E-state index contributed by atoms with van der Waals surface area (Å²) in [6, 6.07) is -0.830. The molecule has 1 heterocycles. The van der Waals surface area contributed by atoms with Gasteiger partial charge < -0.3 is 10.4 Å². The Hall–Kier alpha value is -1.43. The molecule has 1 amide bonds. The average molecular weight is 256 g/mol. The third-order valence-electron chi connectivity index (χ3n) is 2.25. The van der Waals surface area contributed by atoms with Crippen molar-refractivity contribution in [3.8, 4) is 0 Å². The lowest BCUT2D eigenvalue weighted by molar-refractivity contribution is -0.141. The summed E-state index contributed by atoms with van der Waals surface area (Å²) in [5.74, 6) is -1.25. The fourth-order valence-corrected chi connectivity index (χ4v) is 1.98. The molecule has 94 valence electrons. The molecular weight excluding hydrogens is 240 g/mol. The molecule has 5 nitrogen and oxygen atoms in total. The SMILES string of the molecule is Cc1nc(CCCC(=O)N[C@@H](C)C(=O)O)cs1. The Balaban J connectivity index is 2.22. The lowest BCUT2D eigenvalue weighted by Crippen LogP contribution is -2.38. The van der Waals surface area contributed by atoms with E-state index < -0.39 is 12.0 Å². The van der Waals surface area contributed by atoms with Crippen molar-refractivity contribution in [1.29, 1.82) is 0 Å². The molecule has 0 aliphatic heterocycles. The quantitative estimate of drug-likeness (QED) is 0.805. The van der Waals surface area contributed by atoms with Gasteiger partial charge in [0.25, 0.3) is 0 Å². The van der Waals surface area contributed by atoms with Crippen LogP contribution in [-0.4, -0.2) is 28.0 Å². The Kier molecular flexibility index (Phi) is 5.09. The number of rotatable bonds is 6. The predicted octanol–water partition coefficient (Wildman–Crippen LogP) is 1.36. The second-order valence-corrected chi connectivity index (χ2v) is 4.90. The summed E-state index contributed by atoms with van der Waals surface area (Å²) in [4.78, 5) is 26.2. The number of amides is 1. The molecule has 1 aromatic heterocycles. The van der Waals surface area contributed by atoms with Gasteiger partial charge in [-0.05, 0) is 26.7 Å². The third-order valence-corrected chi connectivity index (χ3v) is 3.07. The molecule has 0 saturated heterocycles. The van der Waals surface area contributed by atoms with Crippen LogP contribution in [0.15, 0.2) is 5.38 Å². The van der Waals surface area contributed by atoms with Crippen molar-refractivity contribution >= 4 is 23.2 Å². The Labute approximate surface area is 104 Å². The van der Waals surface area contributed by atoms with E-state index in [9.17, 15) is 9.59 Å². The Morgan fingerprint density at radius 1 is 1.59 bits per heavy atom. The number of aromatic nitrogens is 1. The van der Waals surface area contributed by atoms with Gasteiger partial charge in [-0.25, -0.2) is 4.98 Å². The molecule has 17 heavy (non-hydrogen) atoms. The number of aliphatic carboxylic acids is 1. The molecule has 0 aromatic carbocycles. The minimum absolute atomic E-state index is 0.230. The van der Waals surface area contributed by atoms with Crippen LogP contribution in [-0.2, 0) is 16.0 Å². The van der Waals surface area contributed by atoms with E-state index in [0.717, 1.165) is 17.1 Å². The summed E-state index contributed by atoms with van der Waals surface area (Å²) in [6.45, 7) is 3.39. The number of nitrogens with zero attached hydrogens (tertiary/aromatic N) is 1. The highest BCUT2D eigenvalue weighted by molar-refractivity contribution is 7.09. The first kappa shape index (κ1) is 13.6. The van der Waals surface area contributed by atoms with Crippen LogP contribution in [0.1, 0.15) is 30.5 Å². The molecule has 0 bridgehead atoms. The van der Waals surface area contributed by atoms with Gasteiger partial charge >= 0.3 is 5.97 Å². The molecule has 1 rings (SSSR count). The summed E-state index contributed by atoms with van der Waals surface area (Å²) < 4.78 is 0. The van der Waals surface area contributed by atoms with E-state index in [2.05, 4.69) is 10.3 Å². The summed E-state index contributed by atoms with van der Waals surface area (Å²) in [5, 5.41) is 14.0. The largest absolute Gasteiger partial charge is 0.480 e. The van der Waals surface area contributed by atoms with E-state index in [0.29, 0.717) is 12.8 Å². The second kappa shape index (κ2) is 6.34. The van der Waals surface area contributed by atoms with E-state index in [4.69, 9.17) is 5.11 Å². The van der Waals surface area contributed by atoms with Crippen molar-refractivity contribution < 1.29 is 14.7 Å². The normalized spacial score (nSPS) is 12.1. The van der Waals surface area contributed by atoms with E-state index in [-0.39, 0.29) is 5.91 Å². The highest BCUT2D eigenvalue weighted by Gasteiger charge is 2.13. The Bertz CT molecular complexity index is 403. The van der Waals surface area contributed by atoms with Crippen LogP contribution in [0.3, 0.4) is 0 Å². The van der Waals surface area contributed by atoms with E-state index in [1.807, 2.05) is 12.3 Å². The fourth-order valence-electron chi connectivity index (χ4n) is 1.33. The van der Waals surface area contributed by atoms with Crippen LogP contribution in [0, 0.1) is 6.92 Å². The number of aryl methyl sites for hydroxylation is 2. The molecule has 0 aliphatic rings. The van der Waals surface area contributed by atoms with Gasteiger partial charge in [0.15, 0.2) is 0 Å². The van der Waals surface area contributed by atoms with Crippen LogP contribution in [0.25, 0.3) is 0 Å². The topological polar surface area (TPSA) is 79.3 Å². The van der Waals surface area contributed by atoms with Crippen molar-refractivity contribution in [2.24, 2.45) is 0 Å². The maximum absolute atomic E-state index is 11.4. The van der Waals surface area contributed by atoms with Crippen LogP contribution in [0.2, 0.25) is 0 Å². The maximum atomic E-state index is 11.4. The first-order valence-corrected chi connectivity index (χ1v) is 6.30. The van der Waals surface area contributed by atoms with Gasteiger partial charge in [0.2, 0.25) is 5.91 Å². The van der Waals surface area contributed by atoms with Crippen LogP contribution < -0.4 is 5.32 Å². The zero-order valence-corrected chi connectivity index (χ0v) is 10.7. The molecule has 0 unspecified atom stereocenters. The van der Waals surface area contributed by atoms with Crippen LogP contribution in [0.4, 0.5) is 0 Å². The van der Waals surface area contributed by atoms with Crippen molar-refractivity contribution in [3.63, 3.8) is 0 Å². The molecule has 0 spiro atoms. The Morgan fingerprint density at radius 3 is 2.82 bits per heavy atom. The van der Waals surface area contributed by atoms with Crippen molar-refractivity contribution in [1.82, 2.24) is 10.3 Å². The molecule has 6 heteroatoms. The van der Waals surface area contributed by atoms with E-state index in [1.54, 1.807) is 11.3 Å². The summed E-state index contributed by atoms with van der Waals surface area (Å²) >= 11 is 1.59. The van der Waals surface area contributed by atoms with Gasteiger partial charge in [-0.1, -0.05) is 0 Å². The summed E-state index contributed by atoms with van der Waals surface area (Å²) in [7, 11) is 0. The number of hydrogen-bond donors (Lipinski definition) is 2. The number of carbonyl (C=O) groups is 2. The molecule has 1 atom stereocenters. The highest BCUT2D eigenvalue weighted by Crippen LogP contribution is 2.10. The molecule has 0 fully saturated rings. The summed E-state index contributed by atoms with van der Waals surface area (Å²) in [6.07, 6.45) is 1.76. The number of nitrogens with one attached hydrogen (secondary N) is 1. The number of carboxylic acid groups (broad SMARTS) is 1. The van der Waals surface area contributed by atoms with Gasteiger partial charge in [0.1, 0.15) is 6.04 Å². The van der Waals surface area contributed by atoms with Gasteiger partial charge in [-0.15, -0.1) is 11.3 Å². The monoisotopic (exact) mass is 256 g/mol. The number of carboxylic acids is 1. The zero-order valence-electron chi connectivity index (χ0n) is 9.90. The molecule has 1 aromatic rings. The number of carbonyl (C=O) groups excluding carboxylic acids is 1. The lowest BCUT2D eigenvalue weighted by atomic mass is 10.2. The standard InChI is InChI=1S/C11H16N2O3S/c1-7(11(15)16)12-10(14)5-3-4-9-6-17-8(2)13-9/h6-7H,3-5H2,1-2H3,(H,12,14)(H,15,16)/t7-/m0/s1. The first-order chi connectivity index (χ1) is 7.99. The number of hydrogen-bond acceptors (Lipinski definition) is 4. The average Bonchev–Trinajstić information content (AvgIpc) is 2.64. The highest BCUT2D eigenvalue weighted by atomic mass is 32.1. The van der Waals surface area contributed by atoms with Gasteiger partial charge in [0, 0.05) is 11.8 Å². The minimum atomic E-state index is -1.02. The molecular formula is C11H16N2O3S. The smallest absolute Gasteiger partial charge is 0.325 e. The van der Waals surface area contributed by atoms with Crippen molar-refractivity contribution in [2.45, 2.75) is 39.2 Å². The van der Waals surface area contributed by atoms with E-state index in [1.165, 1.54) is 6.92 Å². The molecule has 2 N–H and O–H groups in total. The number of thiazole rings is 1. The van der Waals surface area contributed by atoms with Crippen LogP contribution in [0.5, 0.6) is 0 Å². The predicted molar refractivity (Wildman–Crippen MR) is 65.0 cm³/mol. The van der Waals surface area contributed by atoms with E-state index >= 15 is 0 Å².